The Labute approximate surface area is 107 Å². The molecule has 3 heterocycles. The minimum Gasteiger partial charge on any atom is -0.476 e. The first-order valence-electron chi connectivity index (χ1n) is 5.40. The predicted molar refractivity (Wildman–Crippen MR) is 64.3 cm³/mol. The Morgan fingerprint density at radius 2 is 2.11 bits per heavy atom. The van der Waals surface area contributed by atoms with Crippen LogP contribution in [0.3, 0.4) is 0 Å². The fraction of sp³-hybridized carbons (Fsp3) is 0. The van der Waals surface area contributed by atoms with Crippen molar-refractivity contribution >= 4 is 11.5 Å². The zero-order chi connectivity index (χ0) is 13.2. The topological polar surface area (TPSA) is 89.6 Å². The number of ether oxygens (including phenoxy) is 1. The SMILES string of the molecule is O=C(O)c1ncccc1Oc1nccn2nccc12. The minimum atomic E-state index is -1.16. The molecule has 7 nitrogen and oxygen atoms in total. The van der Waals surface area contributed by atoms with E-state index in [0.29, 0.717) is 5.52 Å². The van der Waals surface area contributed by atoms with E-state index >= 15 is 0 Å². The van der Waals surface area contributed by atoms with Gasteiger partial charge < -0.3 is 9.84 Å². The van der Waals surface area contributed by atoms with Crippen LogP contribution in [0.25, 0.3) is 5.52 Å². The van der Waals surface area contributed by atoms with Gasteiger partial charge in [0.2, 0.25) is 5.88 Å². The van der Waals surface area contributed by atoms with E-state index in [2.05, 4.69) is 15.1 Å². The average Bonchev–Trinajstić information content (AvgIpc) is 2.88. The number of carboxylic acids is 1. The highest BCUT2D eigenvalue weighted by atomic mass is 16.5. The molecule has 0 aliphatic heterocycles. The lowest BCUT2D eigenvalue weighted by molar-refractivity contribution is 0.0687. The van der Waals surface area contributed by atoms with Crippen molar-refractivity contribution in [3.05, 3.63) is 48.7 Å². The van der Waals surface area contributed by atoms with Gasteiger partial charge in [-0.25, -0.2) is 19.3 Å². The van der Waals surface area contributed by atoms with Crippen LogP contribution in [0.2, 0.25) is 0 Å². The van der Waals surface area contributed by atoms with Gasteiger partial charge in [-0.05, 0) is 18.2 Å². The van der Waals surface area contributed by atoms with Gasteiger partial charge in [-0.1, -0.05) is 0 Å². The van der Waals surface area contributed by atoms with Gasteiger partial charge >= 0.3 is 5.97 Å². The number of nitrogens with zero attached hydrogens (tertiary/aromatic N) is 4. The molecule has 0 amide bonds. The number of carboxylic acid groups (broad SMARTS) is 1. The number of hydrogen-bond acceptors (Lipinski definition) is 5. The van der Waals surface area contributed by atoms with Crippen molar-refractivity contribution < 1.29 is 14.6 Å². The molecule has 0 unspecified atom stereocenters. The first kappa shape index (κ1) is 11.1. The lowest BCUT2D eigenvalue weighted by Gasteiger charge is -2.07. The van der Waals surface area contributed by atoms with Gasteiger partial charge in [0.15, 0.2) is 11.4 Å². The molecule has 0 atom stereocenters. The summed E-state index contributed by atoms with van der Waals surface area (Å²) in [6.07, 6.45) is 6.18. The molecule has 0 aliphatic carbocycles. The molecule has 94 valence electrons. The molecule has 3 rings (SSSR count). The Balaban J connectivity index is 2.06. The summed E-state index contributed by atoms with van der Waals surface area (Å²) in [6, 6.07) is 4.84. The average molecular weight is 256 g/mol. The zero-order valence-corrected chi connectivity index (χ0v) is 9.59. The van der Waals surface area contributed by atoms with Crippen molar-refractivity contribution in [1.29, 1.82) is 0 Å². The second-order valence-electron chi connectivity index (χ2n) is 3.65. The number of carbonyl (C=O) groups is 1. The Bertz CT molecular complexity index is 753. The molecular formula is C12H8N4O3. The Morgan fingerprint density at radius 3 is 2.95 bits per heavy atom. The van der Waals surface area contributed by atoms with E-state index in [4.69, 9.17) is 9.84 Å². The van der Waals surface area contributed by atoms with Crippen molar-refractivity contribution in [3.8, 4) is 11.6 Å². The summed E-state index contributed by atoms with van der Waals surface area (Å²) in [5.74, 6) is -0.747. The molecule has 0 fully saturated rings. The molecule has 0 aliphatic rings. The molecule has 0 saturated carbocycles. The first-order chi connectivity index (χ1) is 9.25. The normalized spacial score (nSPS) is 10.5. The lowest BCUT2D eigenvalue weighted by Crippen LogP contribution is -2.03. The number of aromatic nitrogens is 4. The molecule has 0 spiro atoms. The Hall–Kier alpha value is -2.96. The van der Waals surface area contributed by atoms with Crippen LogP contribution >= 0.6 is 0 Å². The van der Waals surface area contributed by atoms with Crippen molar-refractivity contribution in [2.24, 2.45) is 0 Å². The molecule has 0 bridgehead atoms. The van der Waals surface area contributed by atoms with E-state index in [9.17, 15) is 4.79 Å². The standard InChI is InChI=1S/C12H8N4O3/c17-12(18)10-9(2-1-4-13-10)19-11-8-3-5-15-16(8)7-6-14-11/h1-7H,(H,17,18). The van der Waals surface area contributed by atoms with E-state index in [0.717, 1.165) is 0 Å². The van der Waals surface area contributed by atoms with Gasteiger partial charge in [-0.2, -0.15) is 5.10 Å². The van der Waals surface area contributed by atoms with E-state index in [1.165, 1.54) is 18.5 Å². The molecule has 0 radical (unpaired) electrons. The monoisotopic (exact) mass is 256 g/mol. The highest BCUT2D eigenvalue weighted by molar-refractivity contribution is 5.88. The number of rotatable bonds is 3. The van der Waals surface area contributed by atoms with E-state index in [1.54, 1.807) is 29.0 Å². The predicted octanol–water partition coefficient (Wildman–Crippen LogP) is 1.61. The van der Waals surface area contributed by atoms with E-state index in [1.807, 2.05) is 0 Å². The third kappa shape index (κ3) is 1.97. The van der Waals surface area contributed by atoms with Crippen LogP contribution in [0.4, 0.5) is 0 Å². The molecule has 3 aromatic heterocycles. The highest BCUT2D eigenvalue weighted by Gasteiger charge is 2.15. The molecule has 19 heavy (non-hydrogen) atoms. The van der Waals surface area contributed by atoms with Crippen LogP contribution in [0, 0.1) is 0 Å². The molecule has 7 heteroatoms. The Morgan fingerprint density at radius 1 is 1.21 bits per heavy atom. The fourth-order valence-corrected chi connectivity index (χ4v) is 1.65. The van der Waals surface area contributed by atoms with E-state index in [-0.39, 0.29) is 17.3 Å². The van der Waals surface area contributed by atoms with Crippen LogP contribution < -0.4 is 4.74 Å². The molecule has 0 aromatic carbocycles. The van der Waals surface area contributed by atoms with Crippen LogP contribution in [0.1, 0.15) is 10.5 Å². The van der Waals surface area contributed by atoms with Crippen molar-refractivity contribution in [2.75, 3.05) is 0 Å². The number of fused-ring (bicyclic) bond motifs is 1. The summed E-state index contributed by atoms with van der Waals surface area (Å²) in [7, 11) is 0. The van der Waals surface area contributed by atoms with Gasteiger partial charge in [0, 0.05) is 18.6 Å². The summed E-state index contributed by atoms with van der Waals surface area (Å²) in [4.78, 5) is 18.9. The minimum absolute atomic E-state index is 0.136. The third-order valence-corrected chi connectivity index (χ3v) is 2.47. The largest absolute Gasteiger partial charge is 0.476 e. The summed E-state index contributed by atoms with van der Waals surface area (Å²) in [5.41, 5.74) is 0.480. The maximum atomic E-state index is 11.0. The maximum Gasteiger partial charge on any atom is 0.358 e. The van der Waals surface area contributed by atoms with Crippen molar-refractivity contribution in [1.82, 2.24) is 19.6 Å². The second-order valence-corrected chi connectivity index (χ2v) is 3.65. The summed E-state index contributed by atoms with van der Waals surface area (Å²) < 4.78 is 7.11. The summed E-state index contributed by atoms with van der Waals surface area (Å²) in [5, 5.41) is 13.1. The molecule has 1 N–H and O–H groups in total. The molecule has 3 aromatic rings. The quantitative estimate of drug-likeness (QED) is 0.765. The lowest BCUT2D eigenvalue weighted by atomic mass is 10.3. The van der Waals surface area contributed by atoms with Crippen LogP contribution in [0.5, 0.6) is 11.6 Å². The van der Waals surface area contributed by atoms with Gasteiger partial charge in [0.1, 0.15) is 5.52 Å². The van der Waals surface area contributed by atoms with Gasteiger partial charge in [-0.15, -0.1) is 0 Å². The Kier molecular flexibility index (Phi) is 2.57. The van der Waals surface area contributed by atoms with Crippen LogP contribution in [0.15, 0.2) is 43.0 Å². The third-order valence-electron chi connectivity index (χ3n) is 2.47. The maximum absolute atomic E-state index is 11.0. The van der Waals surface area contributed by atoms with Gasteiger partial charge in [0.05, 0.1) is 6.20 Å². The first-order valence-corrected chi connectivity index (χ1v) is 5.40. The van der Waals surface area contributed by atoms with Crippen LogP contribution in [-0.2, 0) is 0 Å². The second kappa shape index (κ2) is 4.37. The van der Waals surface area contributed by atoms with Gasteiger partial charge in [-0.3, -0.25) is 0 Å². The number of aromatic carboxylic acids is 1. The fourth-order valence-electron chi connectivity index (χ4n) is 1.65. The smallest absolute Gasteiger partial charge is 0.358 e. The molecular weight excluding hydrogens is 248 g/mol. The van der Waals surface area contributed by atoms with Crippen molar-refractivity contribution in [3.63, 3.8) is 0 Å². The van der Waals surface area contributed by atoms with E-state index < -0.39 is 5.97 Å². The summed E-state index contributed by atoms with van der Waals surface area (Å²) in [6.45, 7) is 0. The number of hydrogen-bond donors (Lipinski definition) is 1. The summed E-state index contributed by atoms with van der Waals surface area (Å²) >= 11 is 0. The van der Waals surface area contributed by atoms with Crippen LogP contribution in [-0.4, -0.2) is 30.7 Å². The molecule has 0 saturated heterocycles. The van der Waals surface area contributed by atoms with Gasteiger partial charge in [0.25, 0.3) is 0 Å². The highest BCUT2D eigenvalue weighted by Crippen LogP contribution is 2.25. The van der Waals surface area contributed by atoms with Crippen molar-refractivity contribution in [2.45, 2.75) is 0 Å². The zero-order valence-electron chi connectivity index (χ0n) is 9.59. The number of pyridine rings is 1.